The summed E-state index contributed by atoms with van der Waals surface area (Å²) in [5.74, 6) is 0.570. The van der Waals surface area contributed by atoms with Crippen molar-refractivity contribution in [3.63, 3.8) is 0 Å². The van der Waals surface area contributed by atoms with Gasteiger partial charge in [-0.3, -0.25) is 9.59 Å². The summed E-state index contributed by atoms with van der Waals surface area (Å²) in [5.41, 5.74) is 0.972. The molecule has 0 radical (unpaired) electrons. The molecule has 1 heterocycles. The number of amides is 2. The standard InChI is InChI=1S/C16H18N2O3S/c1-2-3-4-9-22-14-10-15(20)18(16(14)21)13-7-5-12(6-8-13)17-11-19/h5-8,14H,2-4,9-10H2,1H3. The van der Waals surface area contributed by atoms with E-state index < -0.39 is 0 Å². The summed E-state index contributed by atoms with van der Waals surface area (Å²) in [6, 6.07) is 6.41. The molecule has 1 fully saturated rings. The first-order valence-electron chi connectivity index (χ1n) is 7.33. The number of carbonyl (C=O) groups is 2. The Morgan fingerprint density at radius 1 is 1.27 bits per heavy atom. The van der Waals surface area contributed by atoms with E-state index >= 15 is 0 Å². The van der Waals surface area contributed by atoms with Crippen LogP contribution in [0.4, 0.5) is 11.4 Å². The lowest BCUT2D eigenvalue weighted by atomic mass is 10.2. The quantitative estimate of drug-likeness (QED) is 0.335. The lowest BCUT2D eigenvalue weighted by molar-refractivity contribution is -0.121. The molecule has 5 nitrogen and oxygen atoms in total. The number of benzene rings is 1. The molecule has 0 N–H and O–H groups in total. The maximum atomic E-state index is 12.4. The van der Waals surface area contributed by atoms with Crippen LogP contribution in [0.15, 0.2) is 29.3 Å². The van der Waals surface area contributed by atoms with Gasteiger partial charge in [-0.05, 0) is 36.4 Å². The molecule has 0 spiro atoms. The number of imide groups is 1. The zero-order chi connectivity index (χ0) is 15.9. The summed E-state index contributed by atoms with van der Waals surface area (Å²) in [5, 5.41) is -0.281. The smallest absolute Gasteiger partial charge is 0.247 e. The van der Waals surface area contributed by atoms with Gasteiger partial charge in [-0.25, -0.2) is 9.69 Å². The molecule has 1 aromatic carbocycles. The first-order valence-corrected chi connectivity index (χ1v) is 8.38. The van der Waals surface area contributed by atoms with Crippen molar-refractivity contribution in [1.29, 1.82) is 0 Å². The zero-order valence-corrected chi connectivity index (χ0v) is 13.3. The van der Waals surface area contributed by atoms with Crippen LogP contribution in [0.5, 0.6) is 0 Å². The van der Waals surface area contributed by atoms with Gasteiger partial charge in [0.2, 0.25) is 17.9 Å². The molecule has 1 atom stereocenters. The van der Waals surface area contributed by atoms with Gasteiger partial charge in [-0.15, -0.1) is 11.8 Å². The van der Waals surface area contributed by atoms with Gasteiger partial charge in [0.15, 0.2) is 0 Å². The third-order valence-corrected chi connectivity index (χ3v) is 4.75. The maximum Gasteiger partial charge on any atom is 0.247 e. The molecule has 0 aromatic heterocycles. The number of anilines is 1. The van der Waals surface area contributed by atoms with E-state index in [4.69, 9.17) is 0 Å². The van der Waals surface area contributed by atoms with Gasteiger partial charge < -0.3 is 0 Å². The van der Waals surface area contributed by atoms with Gasteiger partial charge in [-0.1, -0.05) is 19.8 Å². The van der Waals surface area contributed by atoms with Crippen LogP contribution in [0.3, 0.4) is 0 Å². The fourth-order valence-electron chi connectivity index (χ4n) is 2.31. The highest BCUT2D eigenvalue weighted by molar-refractivity contribution is 8.00. The molecule has 2 amide bonds. The highest BCUT2D eigenvalue weighted by Crippen LogP contribution is 2.31. The van der Waals surface area contributed by atoms with Gasteiger partial charge in [-0.2, -0.15) is 4.99 Å². The summed E-state index contributed by atoms with van der Waals surface area (Å²) in [7, 11) is 0. The Bertz CT molecular complexity index is 594. The zero-order valence-electron chi connectivity index (χ0n) is 12.4. The van der Waals surface area contributed by atoms with Crippen molar-refractivity contribution in [2.24, 2.45) is 4.99 Å². The van der Waals surface area contributed by atoms with E-state index in [2.05, 4.69) is 11.9 Å². The van der Waals surface area contributed by atoms with Crippen LogP contribution >= 0.6 is 11.8 Å². The third-order valence-electron chi connectivity index (χ3n) is 3.45. The average molecular weight is 318 g/mol. The normalized spacial score (nSPS) is 17.7. The summed E-state index contributed by atoms with van der Waals surface area (Å²) in [4.78, 5) is 39.4. The Morgan fingerprint density at radius 3 is 2.64 bits per heavy atom. The highest BCUT2D eigenvalue weighted by atomic mass is 32.2. The molecular formula is C16H18N2O3S. The number of unbranched alkanes of at least 4 members (excludes halogenated alkanes) is 2. The van der Waals surface area contributed by atoms with Crippen LogP contribution in [0, 0.1) is 0 Å². The van der Waals surface area contributed by atoms with Crippen molar-refractivity contribution in [3.05, 3.63) is 24.3 Å². The molecule has 6 heteroatoms. The van der Waals surface area contributed by atoms with Gasteiger partial charge in [0, 0.05) is 6.42 Å². The number of isocyanates is 1. The number of hydrogen-bond acceptors (Lipinski definition) is 5. The fourth-order valence-corrected chi connectivity index (χ4v) is 3.48. The molecule has 0 saturated carbocycles. The van der Waals surface area contributed by atoms with Gasteiger partial charge in [0.05, 0.1) is 16.6 Å². The second kappa shape index (κ2) is 7.92. The van der Waals surface area contributed by atoms with E-state index in [0.29, 0.717) is 11.4 Å². The number of rotatable bonds is 7. The summed E-state index contributed by atoms with van der Waals surface area (Å²) < 4.78 is 0. The lowest BCUT2D eigenvalue weighted by Gasteiger charge is -2.15. The number of thioether (sulfide) groups is 1. The molecule has 1 unspecified atom stereocenters. The topological polar surface area (TPSA) is 66.8 Å². The number of nitrogens with zero attached hydrogens (tertiary/aromatic N) is 2. The minimum Gasteiger partial charge on any atom is -0.274 e. The number of aliphatic imine (C=N–C) groups is 1. The Hall–Kier alpha value is -1.91. The van der Waals surface area contributed by atoms with E-state index in [1.165, 1.54) is 11.0 Å². The van der Waals surface area contributed by atoms with E-state index in [1.54, 1.807) is 36.0 Å². The molecule has 1 aromatic rings. The van der Waals surface area contributed by atoms with Gasteiger partial charge in [0.25, 0.3) is 0 Å². The minimum atomic E-state index is -0.281. The summed E-state index contributed by atoms with van der Waals surface area (Å²) in [6.45, 7) is 2.13. The van der Waals surface area contributed by atoms with Crippen LogP contribution in [0.2, 0.25) is 0 Å². The fraction of sp³-hybridized carbons (Fsp3) is 0.438. The first kappa shape index (κ1) is 16.5. The Morgan fingerprint density at radius 2 is 2.00 bits per heavy atom. The van der Waals surface area contributed by atoms with Crippen molar-refractivity contribution in [2.75, 3.05) is 10.7 Å². The van der Waals surface area contributed by atoms with E-state index in [1.807, 2.05) is 0 Å². The van der Waals surface area contributed by atoms with Crippen molar-refractivity contribution in [2.45, 2.75) is 37.9 Å². The van der Waals surface area contributed by atoms with Crippen LogP contribution in [-0.4, -0.2) is 28.9 Å². The van der Waals surface area contributed by atoms with Gasteiger partial charge in [0.1, 0.15) is 0 Å². The van der Waals surface area contributed by atoms with E-state index in [0.717, 1.165) is 25.0 Å². The maximum absolute atomic E-state index is 12.4. The van der Waals surface area contributed by atoms with E-state index in [9.17, 15) is 14.4 Å². The molecule has 1 aliphatic rings. The molecule has 1 saturated heterocycles. The highest BCUT2D eigenvalue weighted by Gasteiger charge is 2.39. The predicted molar refractivity (Wildman–Crippen MR) is 87.1 cm³/mol. The monoisotopic (exact) mass is 318 g/mol. The van der Waals surface area contributed by atoms with Crippen molar-refractivity contribution in [3.8, 4) is 0 Å². The van der Waals surface area contributed by atoms with Crippen LogP contribution in [0.1, 0.15) is 32.6 Å². The number of hydrogen-bond donors (Lipinski definition) is 0. The van der Waals surface area contributed by atoms with Crippen LogP contribution < -0.4 is 4.90 Å². The SMILES string of the molecule is CCCCCSC1CC(=O)N(c2ccc(N=C=O)cc2)C1=O. The van der Waals surface area contributed by atoms with Crippen molar-refractivity contribution in [1.82, 2.24) is 0 Å². The summed E-state index contributed by atoms with van der Waals surface area (Å²) >= 11 is 1.56. The molecule has 1 aliphatic heterocycles. The molecule has 2 rings (SSSR count). The predicted octanol–water partition coefficient (Wildman–Crippen LogP) is 3.21. The molecule has 0 aliphatic carbocycles. The Balaban J connectivity index is 2.03. The van der Waals surface area contributed by atoms with E-state index in [-0.39, 0.29) is 23.5 Å². The lowest BCUT2D eigenvalue weighted by Crippen LogP contribution is -2.31. The number of carbonyl (C=O) groups excluding carboxylic acids is 3. The van der Waals surface area contributed by atoms with Crippen LogP contribution in [0.25, 0.3) is 0 Å². The third kappa shape index (κ3) is 3.84. The van der Waals surface area contributed by atoms with Gasteiger partial charge >= 0.3 is 0 Å². The summed E-state index contributed by atoms with van der Waals surface area (Å²) in [6.07, 6.45) is 5.06. The van der Waals surface area contributed by atoms with Crippen LogP contribution in [-0.2, 0) is 14.4 Å². The average Bonchev–Trinajstić information content (AvgIpc) is 2.79. The molecule has 116 valence electrons. The minimum absolute atomic E-state index is 0.155. The van der Waals surface area contributed by atoms with Crippen molar-refractivity contribution >= 4 is 41.0 Å². The second-order valence-corrected chi connectivity index (χ2v) is 6.37. The molecule has 22 heavy (non-hydrogen) atoms. The molecule has 0 bridgehead atoms. The largest absolute Gasteiger partial charge is 0.274 e. The molecular weight excluding hydrogens is 300 g/mol. The Labute approximate surface area is 133 Å². The second-order valence-electron chi connectivity index (χ2n) is 5.06. The Kier molecular flexibility index (Phi) is 5.92. The van der Waals surface area contributed by atoms with Crippen molar-refractivity contribution < 1.29 is 14.4 Å². The first-order chi connectivity index (χ1) is 10.7.